The molecular formula is C12H14N4O. The van der Waals surface area contributed by atoms with Gasteiger partial charge in [-0.1, -0.05) is 25.1 Å². The lowest BCUT2D eigenvalue weighted by Crippen LogP contribution is -2.15. The highest BCUT2D eigenvalue weighted by atomic mass is 16.2. The Kier molecular flexibility index (Phi) is 3.18. The fourth-order valence-corrected chi connectivity index (χ4v) is 1.69. The van der Waals surface area contributed by atoms with Gasteiger partial charge in [0, 0.05) is 5.69 Å². The van der Waals surface area contributed by atoms with Crippen molar-refractivity contribution in [1.29, 1.82) is 0 Å². The van der Waals surface area contributed by atoms with Gasteiger partial charge in [0.1, 0.15) is 6.33 Å². The van der Waals surface area contributed by atoms with E-state index in [9.17, 15) is 4.79 Å². The van der Waals surface area contributed by atoms with E-state index in [1.807, 2.05) is 25.1 Å². The molecule has 0 aliphatic rings. The van der Waals surface area contributed by atoms with E-state index in [-0.39, 0.29) is 11.7 Å². The molecule has 0 aliphatic heterocycles. The highest BCUT2D eigenvalue weighted by molar-refractivity contribution is 6.02. The summed E-state index contributed by atoms with van der Waals surface area (Å²) in [6.07, 6.45) is 2.18. The normalized spacial score (nSPS) is 10.2. The second-order valence-corrected chi connectivity index (χ2v) is 3.75. The summed E-state index contributed by atoms with van der Waals surface area (Å²) in [6.45, 7) is 4.02. The molecule has 5 nitrogen and oxygen atoms in total. The maximum Gasteiger partial charge on any atom is 0.292 e. The van der Waals surface area contributed by atoms with Crippen LogP contribution >= 0.6 is 0 Å². The molecule has 0 fully saturated rings. The number of anilines is 1. The lowest BCUT2D eigenvalue weighted by Gasteiger charge is -2.11. The summed E-state index contributed by atoms with van der Waals surface area (Å²) in [6, 6.07) is 5.95. The number of hydrogen-bond acceptors (Lipinski definition) is 3. The van der Waals surface area contributed by atoms with Gasteiger partial charge in [0.15, 0.2) is 0 Å². The molecule has 1 heterocycles. The highest BCUT2D eigenvalue weighted by Crippen LogP contribution is 2.21. The Balaban J connectivity index is 2.27. The maximum absolute atomic E-state index is 11.9. The van der Waals surface area contributed by atoms with Crippen LogP contribution in [0.5, 0.6) is 0 Å². The molecule has 1 aromatic heterocycles. The first-order chi connectivity index (χ1) is 8.22. The van der Waals surface area contributed by atoms with Crippen LogP contribution in [0.25, 0.3) is 0 Å². The van der Waals surface area contributed by atoms with E-state index in [1.54, 1.807) is 0 Å². The Labute approximate surface area is 99.3 Å². The van der Waals surface area contributed by atoms with E-state index in [4.69, 9.17) is 0 Å². The summed E-state index contributed by atoms with van der Waals surface area (Å²) in [5.41, 5.74) is 3.01. The lowest BCUT2D eigenvalue weighted by molar-refractivity contribution is 0.101. The first-order valence-corrected chi connectivity index (χ1v) is 5.47. The molecule has 2 rings (SSSR count). The van der Waals surface area contributed by atoms with E-state index in [0.29, 0.717) is 0 Å². The van der Waals surface area contributed by atoms with Crippen molar-refractivity contribution in [2.75, 3.05) is 5.32 Å². The summed E-state index contributed by atoms with van der Waals surface area (Å²) < 4.78 is 0. The van der Waals surface area contributed by atoms with Crippen LogP contribution < -0.4 is 5.32 Å². The predicted molar refractivity (Wildman–Crippen MR) is 64.9 cm³/mol. The largest absolute Gasteiger partial charge is 0.319 e. The van der Waals surface area contributed by atoms with Gasteiger partial charge in [-0.2, -0.15) is 5.10 Å². The number of carbonyl (C=O) groups is 1. The molecule has 0 saturated heterocycles. The summed E-state index contributed by atoms with van der Waals surface area (Å²) in [5.74, 6) is -0.0539. The van der Waals surface area contributed by atoms with Crippen molar-refractivity contribution in [3.05, 3.63) is 41.5 Å². The van der Waals surface area contributed by atoms with Gasteiger partial charge in [-0.25, -0.2) is 4.98 Å². The Bertz CT molecular complexity index is 519. The summed E-state index contributed by atoms with van der Waals surface area (Å²) in [5, 5.41) is 9.05. The Hall–Kier alpha value is -2.17. The summed E-state index contributed by atoms with van der Waals surface area (Å²) in [4.78, 5) is 15.7. The number of aromatic amines is 1. The number of rotatable bonds is 3. The summed E-state index contributed by atoms with van der Waals surface area (Å²) in [7, 11) is 0. The molecule has 88 valence electrons. The van der Waals surface area contributed by atoms with Crippen molar-refractivity contribution in [3.63, 3.8) is 0 Å². The van der Waals surface area contributed by atoms with Crippen LogP contribution in [0.3, 0.4) is 0 Å². The van der Waals surface area contributed by atoms with Crippen LogP contribution in [-0.2, 0) is 6.42 Å². The van der Waals surface area contributed by atoms with Crippen molar-refractivity contribution in [2.45, 2.75) is 20.3 Å². The zero-order valence-electron chi connectivity index (χ0n) is 9.82. The highest BCUT2D eigenvalue weighted by Gasteiger charge is 2.12. The third-order valence-corrected chi connectivity index (χ3v) is 2.61. The fraction of sp³-hybridized carbons (Fsp3) is 0.250. The minimum atomic E-state index is -0.272. The third-order valence-electron chi connectivity index (χ3n) is 2.61. The molecule has 1 amide bonds. The number of nitrogens with zero attached hydrogens (tertiary/aromatic N) is 2. The van der Waals surface area contributed by atoms with E-state index < -0.39 is 0 Å². The molecule has 0 unspecified atom stereocenters. The van der Waals surface area contributed by atoms with Crippen molar-refractivity contribution in [1.82, 2.24) is 15.2 Å². The maximum atomic E-state index is 11.9. The molecule has 2 N–H and O–H groups in total. The zero-order chi connectivity index (χ0) is 12.3. The van der Waals surface area contributed by atoms with Gasteiger partial charge in [0.2, 0.25) is 5.82 Å². The quantitative estimate of drug-likeness (QED) is 0.846. The smallest absolute Gasteiger partial charge is 0.292 e. The zero-order valence-corrected chi connectivity index (χ0v) is 9.82. The first kappa shape index (κ1) is 11.3. The number of carbonyl (C=O) groups excluding carboxylic acids is 1. The van der Waals surface area contributed by atoms with E-state index in [0.717, 1.165) is 23.2 Å². The first-order valence-electron chi connectivity index (χ1n) is 5.47. The van der Waals surface area contributed by atoms with Gasteiger partial charge >= 0.3 is 0 Å². The van der Waals surface area contributed by atoms with E-state index in [1.165, 1.54) is 6.33 Å². The third kappa shape index (κ3) is 2.33. The van der Waals surface area contributed by atoms with E-state index >= 15 is 0 Å². The summed E-state index contributed by atoms with van der Waals surface area (Å²) >= 11 is 0. The number of H-pyrrole nitrogens is 1. The molecule has 0 radical (unpaired) electrons. The average Bonchev–Trinajstić information content (AvgIpc) is 2.85. The van der Waals surface area contributed by atoms with Crippen molar-refractivity contribution >= 4 is 11.6 Å². The second-order valence-electron chi connectivity index (χ2n) is 3.75. The van der Waals surface area contributed by atoms with Gasteiger partial charge in [0.25, 0.3) is 5.91 Å². The fourth-order valence-electron chi connectivity index (χ4n) is 1.69. The Morgan fingerprint density at radius 2 is 2.29 bits per heavy atom. The topological polar surface area (TPSA) is 70.7 Å². The number of benzene rings is 1. The van der Waals surface area contributed by atoms with Crippen LogP contribution in [-0.4, -0.2) is 21.1 Å². The van der Waals surface area contributed by atoms with Crippen LogP contribution in [0.2, 0.25) is 0 Å². The van der Waals surface area contributed by atoms with Gasteiger partial charge in [0.05, 0.1) is 0 Å². The molecule has 0 bridgehead atoms. The SMILES string of the molecule is CCc1cccc(C)c1NC(=O)c1ncn[nH]1. The standard InChI is InChI=1S/C12H14N4O/c1-3-9-6-4-5-8(2)10(9)15-12(17)11-13-7-14-16-11/h4-7H,3H2,1-2H3,(H,15,17)(H,13,14,16). The second kappa shape index (κ2) is 4.78. The number of aryl methyl sites for hydroxylation is 2. The van der Waals surface area contributed by atoms with Crippen molar-refractivity contribution in [2.24, 2.45) is 0 Å². The number of amides is 1. The number of hydrogen-bond donors (Lipinski definition) is 2. The van der Waals surface area contributed by atoms with Crippen LogP contribution in [0, 0.1) is 6.92 Å². The van der Waals surface area contributed by atoms with Crippen LogP contribution in [0.15, 0.2) is 24.5 Å². The molecule has 17 heavy (non-hydrogen) atoms. The van der Waals surface area contributed by atoms with Gasteiger partial charge in [-0.05, 0) is 24.5 Å². The molecule has 0 spiro atoms. The number of aromatic nitrogens is 3. The van der Waals surface area contributed by atoms with Crippen LogP contribution in [0.1, 0.15) is 28.7 Å². The van der Waals surface area contributed by atoms with Gasteiger partial charge in [-0.15, -0.1) is 0 Å². The van der Waals surface area contributed by atoms with Gasteiger partial charge in [-0.3, -0.25) is 9.89 Å². The molecule has 0 saturated carbocycles. The lowest BCUT2D eigenvalue weighted by atomic mass is 10.1. The molecular weight excluding hydrogens is 216 g/mol. The Morgan fingerprint density at radius 3 is 2.94 bits per heavy atom. The van der Waals surface area contributed by atoms with Gasteiger partial charge < -0.3 is 5.32 Å². The molecule has 2 aromatic rings. The molecule has 5 heteroatoms. The molecule has 1 aromatic carbocycles. The minimum Gasteiger partial charge on any atom is -0.319 e. The number of nitrogens with one attached hydrogen (secondary N) is 2. The molecule has 0 atom stereocenters. The number of para-hydroxylation sites is 1. The Morgan fingerprint density at radius 1 is 1.47 bits per heavy atom. The van der Waals surface area contributed by atoms with Crippen molar-refractivity contribution in [3.8, 4) is 0 Å². The predicted octanol–water partition coefficient (Wildman–Crippen LogP) is 1.93. The van der Waals surface area contributed by atoms with Crippen molar-refractivity contribution < 1.29 is 4.79 Å². The van der Waals surface area contributed by atoms with E-state index in [2.05, 4.69) is 27.4 Å². The minimum absolute atomic E-state index is 0.218. The monoisotopic (exact) mass is 230 g/mol. The average molecular weight is 230 g/mol. The molecule has 0 aliphatic carbocycles. The van der Waals surface area contributed by atoms with Crippen LogP contribution in [0.4, 0.5) is 5.69 Å².